The minimum Gasteiger partial charge on any atom is -0.302 e. The third-order valence-electron chi connectivity index (χ3n) is 6.53. The fourth-order valence-electron chi connectivity index (χ4n) is 4.93. The van der Waals surface area contributed by atoms with Crippen LogP contribution in [0.15, 0.2) is 29.3 Å². The third-order valence-corrected chi connectivity index (χ3v) is 8.17. The molecule has 1 aliphatic carbocycles. The molecule has 1 fully saturated rings. The number of piperidine rings is 1. The van der Waals surface area contributed by atoms with Crippen molar-refractivity contribution in [1.82, 2.24) is 4.90 Å². The molecule has 1 saturated heterocycles. The Balaban J connectivity index is 1.55. The lowest BCUT2D eigenvalue weighted by molar-refractivity contribution is -0.117. The van der Waals surface area contributed by atoms with Crippen LogP contribution in [0.5, 0.6) is 0 Å². The molecule has 30 heavy (non-hydrogen) atoms. The summed E-state index contributed by atoms with van der Waals surface area (Å²) in [7, 11) is 0. The molecule has 1 aromatic heterocycles. The summed E-state index contributed by atoms with van der Waals surface area (Å²) >= 11 is 8.40. The normalized spacial score (nSPS) is 19.8. The Morgan fingerprint density at radius 3 is 2.63 bits per heavy atom. The van der Waals surface area contributed by atoms with Gasteiger partial charge >= 0.3 is 0 Å². The van der Waals surface area contributed by atoms with E-state index in [1.807, 2.05) is 40.5 Å². The van der Waals surface area contributed by atoms with Gasteiger partial charge in [-0.25, -0.2) is 0 Å². The standard InChI is InChI=1S/C24H28ClN3OS/c25-19-10-4-2-8-17(19)23-22-18-9-3-5-11-20(18)30-24(22)28(21(29)16-26-23)15-14-27-12-6-1-7-13-27/h2,4,8,10H,1,3,5-7,9,11-16H2. The van der Waals surface area contributed by atoms with Crippen molar-refractivity contribution in [3.05, 3.63) is 50.9 Å². The van der Waals surface area contributed by atoms with Gasteiger partial charge in [0.1, 0.15) is 11.5 Å². The van der Waals surface area contributed by atoms with Gasteiger partial charge in [0.15, 0.2) is 0 Å². The zero-order valence-electron chi connectivity index (χ0n) is 17.3. The second-order valence-corrected chi connectivity index (χ2v) is 9.97. The van der Waals surface area contributed by atoms with Crippen LogP contribution in [0.4, 0.5) is 5.00 Å². The molecule has 3 heterocycles. The number of rotatable bonds is 4. The average Bonchev–Trinajstić information content (AvgIpc) is 3.09. The molecule has 0 bridgehead atoms. The van der Waals surface area contributed by atoms with Gasteiger partial charge in [-0.3, -0.25) is 9.79 Å². The number of likely N-dealkylation sites (tertiary alicyclic amines) is 1. The average molecular weight is 442 g/mol. The molecule has 0 radical (unpaired) electrons. The highest BCUT2D eigenvalue weighted by atomic mass is 35.5. The van der Waals surface area contributed by atoms with Crippen LogP contribution >= 0.6 is 22.9 Å². The van der Waals surface area contributed by atoms with Gasteiger partial charge in [0.25, 0.3) is 0 Å². The molecule has 2 aromatic rings. The van der Waals surface area contributed by atoms with Crippen LogP contribution in [0.3, 0.4) is 0 Å². The van der Waals surface area contributed by atoms with Gasteiger partial charge in [0, 0.05) is 34.1 Å². The number of fused-ring (bicyclic) bond motifs is 3. The summed E-state index contributed by atoms with van der Waals surface area (Å²) in [5, 5.41) is 1.80. The van der Waals surface area contributed by atoms with Crippen molar-refractivity contribution in [2.75, 3.05) is 37.6 Å². The largest absolute Gasteiger partial charge is 0.302 e. The quantitative estimate of drug-likeness (QED) is 0.672. The van der Waals surface area contributed by atoms with Gasteiger partial charge in [0.05, 0.1) is 5.71 Å². The van der Waals surface area contributed by atoms with Crippen molar-refractivity contribution in [3.63, 3.8) is 0 Å². The van der Waals surface area contributed by atoms with Crippen molar-refractivity contribution in [2.24, 2.45) is 4.99 Å². The van der Waals surface area contributed by atoms with Crippen molar-refractivity contribution in [2.45, 2.75) is 44.9 Å². The Morgan fingerprint density at radius 2 is 1.80 bits per heavy atom. The van der Waals surface area contributed by atoms with Crippen molar-refractivity contribution in [3.8, 4) is 0 Å². The fraction of sp³-hybridized carbons (Fsp3) is 0.500. The number of anilines is 1. The van der Waals surface area contributed by atoms with Crippen molar-refractivity contribution < 1.29 is 4.79 Å². The number of carbonyl (C=O) groups excluding carboxylic acids is 1. The summed E-state index contributed by atoms with van der Waals surface area (Å²) in [4.78, 5) is 24.0. The van der Waals surface area contributed by atoms with E-state index in [9.17, 15) is 4.79 Å². The third kappa shape index (κ3) is 3.83. The Hall–Kier alpha value is -1.69. The summed E-state index contributed by atoms with van der Waals surface area (Å²) in [6.07, 6.45) is 8.48. The lowest BCUT2D eigenvalue weighted by atomic mass is 9.91. The Kier molecular flexibility index (Phi) is 5.94. The second-order valence-electron chi connectivity index (χ2n) is 8.48. The molecule has 6 heteroatoms. The number of hydrogen-bond donors (Lipinski definition) is 0. The Morgan fingerprint density at radius 1 is 1.00 bits per heavy atom. The molecule has 2 aliphatic heterocycles. The van der Waals surface area contributed by atoms with Gasteiger partial charge in [-0.05, 0) is 63.2 Å². The SMILES string of the molecule is O=C1CN=C(c2ccccc2Cl)c2c(sc3c2CCCC3)N1CCN1CCCCC1. The molecule has 158 valence electrons. The predicted molar refractivity (Wildman–Crippen MR) is 126 cm³/mol. The first kappa shape index (κ1) is 20.2. The number of aliphatic imine (C=N–C) groups is 1. The molecule has 3 aliphatic rings. The maximum atomic E-state index is 13.2. The monoisotopic (exact) mass is 441 g/mol. The molecule has 0 unspecified atom stereocenters. The van der Waals surface area contributed by atoms with Crippen LogP contribution in [-0.2, 0) is 17.6 Å². The summed E-state index contributed by atoms with van der Waals surface area (Å²) in [6.45, 7) is 4.18. The number of carbonyl (C=O) groups is 1. The minimum atomic E-state index is 0.105. The number of hydrogen-bond acceptors (Lipinski definition) is 4. The van der Waals surface area contributed by atoms with E-state index >= 15 is 0 Å². The van der Waals surface area contributed by atoms with E-state index < -0.39 is 0 Å². The molecular weight excluding hydrogens is 414 g/mol. The molecule has 1 aromatic carbocycles. The van der Waals surface area contributed by atoms with E-state index in [4.69, 9.17) is 16.6 Å². The number of benzene rings is 1. The van der Waals surface area contributed by atoms with Gasteiger partial charge in [-0.15, -0.1) is 11.3 Å². The zero-order chi connectivity index (χ0) is 20.5. The first-order valence-corrected chi connectivity index (χ1v) is 12.4. The van der Waals surface area contributed by atoms with Gasteiger partial charge < -0.3 is 9.80 Å². The van der Waals surface area contributed by atoms with E-state index in [1.54, 1.807) is 0 Å². The highest BCUT2D eigenvalue weighted by Crippen LogP contribution is 2.43. The number of nitrogens with zero attached hydrogens (tertiary/aromatic N) is 3. The summed E-state index contributed by atoms with van der Waals surface area (Å²) in [5.41, 5.74) is 4.42. The van der Waals surface area contributed by atoms with E-state index in [1.165, 1.54) is 48.1 Å². The Labute approximate surface area is 187 Å². The smallest absolute Gasteiger partial charge is 0.249 e. The molecule has 5 rings (SSSR count). The molecule has 0 N–H and O–H groups in total. The van der Waals surface area contributed by atoms with Crippen LogP contribution in [0.25, 0.3) is 0 Å². The highest BCUT2D eigenvalue weighted by molar-refractivity contribution is 7.17. The minimum absolute atomic E-state index is 0.105. The molecule has 0 spiro atoms. The zero-order valence-corrected chi connectivity index (χ0v) is 18.9. The number of aryl methyl sites for hydroxylation is 1. The van der Waals surface area contributed by atoms with Crippen molar-refractivity contribution in [1.29, 1.82) is 0 Å². The summed E-state index contributed by atoms with van der Waals surface area (Å²) in [5.74, 6) is 0.105. The molecule has 0 atom stereocenters. The number of thiophene rings is 1. The predicted octanol–water partition coefficient (Wildman–Crippen LogP) is 4.95. The molecular formula is C24H28ClN3OS. The first-order chi connectivity index (χ1) is 14.7. The van der Waals surface area contributed by atoms with Crippen LogP contribution in [0.2, 0.25) is 5.02 Å². The van der Waals surface area contributed by atoms with E-state index in [0.29, 0.717) is 5.02 Å². The maximum absolute atomic E-state index is 13.2. The van der Waals surface area contributed by atoms with Crippen LogP contribution in [0.1, 0.15) is 53.7 Å². The van der Waals surface area contributed by atoms with Gasteiger partial charge in [-0.2, -0.15) is 0 Å². The maximum Gasteiger partial charge on any atom is 0.249 e. The number of halogens is 1. The summed E-state index contributed by atoms with van der Waals surface area (Å²) < 4.78 is 0. The van der Waals surface area contributed by atoms with E-state index in [2.05, 4.69) is 4.90 Å². The van der Waals surface area contributed by atoms with Gasteiger partial charge in [0.2, 0.25) is 5.91 Å². The first-order valence-electron chi connectivity index (χ1n) is 11.2. The van der Waals surface area contributed by atoms with Crippen LogP contribution in [0, 0.1) is 0 Å². The summed E-state index contributed by atoms with van der Waals surface area (Å²) in [6, 6.07) is 7.90. The molecule has 1 amide bonds. The van der Waals surface area contributed by atoms with Gasteiger partial charge in [-0.1, -0.05) is 36.2 Å². The van der Waals surface area contributed by atoms with Crippen LogP contribution in [-0.4, -0.2) is 49.2 Å². The van der Waals surface area contributed by atoms with Crippen molar-refractivity contribution >= 4 is 39.6 Å². The molecule has 0 saturated carbocycles. The molecule has 4 nitrogen and oxygen atoms in total. The number of amides is 1. The second kappa shape index (κ2) is 8.81. The highest BCUT2D eigenvalue weighted by Gasteiger charge is 2.33. The lowest BCUT2D eigenvalue weighted by Crippen LogP contribution is -2.41. The van der Waals surface area contributed by atoms with E-state index in [-0.39, 0.29) is 12.5 Å². The van der Waals surface area contributed by atoms with Crippen LogP contribution < -0.4 is 4.90 Å². The van der Waals surface area contributed by atoms with E-state index in [0.717, 1.165) is 55.3 Å². The Bertz CT molecular complexity index is 977. The fourth-order valence-corrected chi connectivity index (χ4v) is 6.59. The lowest BCUT2D eigenvalue weighted by Gasteiger charge is -2.29. The topological polar surface area (TPSA) is 35.9 Å².